The van der Waals surface area contributed by atoms with Crippen LogP contribution in [0.2, 0.25) is 0 Å². The second-order valence-electron chi connectivity index (χ2n) is 8.77. The molecule has 0 aromatic carbocycles. The molecule has 0 unspecified atom stereocenters. The Balaban J connectivity index is 1.99. The third kappa shape index (κ3) is 5.56. The Morgan fingerprint density at radius 3 is 2.14 bits per heavy atom. The van der Waals surface area contributed by atoms with E-state index in [2.05, 4.69) is 44.8 Å². The van der Waals surface area contributed by atoms with Crippen LogP contribution in [0.4, 0.5) is 0 Å². The Hall–Kier alpha value is -0.0800. The fraction of sp³-hybridized carbons (Fsp3) is 1.00. The van der Waals surface area contributed by atoms with E-state index in [9.17, 15) is 0 Å². The lowest BCUT2D eigenvalue weighted by molar-refractivity contribution is 0.0740. The molecule has 0 atom stereocenters. The van der Waals surface area contributed by atoms with Gasteiger partial charge in [0.25, 0.3) is 0 Å². The lowest BCUT2D eigenvalue weighted by Crippen LogP contribution is -2.48. The van der Waals surface area contributed by atoms with Crippen molar-refractivity contribution in [2.45, 2.75) is 85.2 Å². The van der Waals surface area contributed by atoms with Crippen molar-refractivity contribution >= 4 is 0 Å². The Morgan fingerprint density at radius 1 is 1.05 bits per heavy atom. The zero-order valence-corrected chi connectivity index (χ0v) is 15.1. The number of hydrogen-bond donors (Lipinski definition) is 1. The molecule has 2 aliphatic rings. The van der Waals surface area contributed by atoms with Gasteiger partial charge in [-0.15, -0.1) is 0 Å². The summed E-state index contributed by atoms with van der Waals surface area (Å²) >= 11 is 0. The van der Waals surface area contributed by atoms with E-state index >= 15 is 0 Å². The first-order chi connectivity index (χ1) is 9.90. The Labute approximate surface area is 133 Å². The molecule has 0 radical (unpaired) electrons. The van der Waals surface area contributed by atoms with Gasteiger partial charge in [-0.1, -0.05) is 47.5 Å². The number of nitrogens with one attached hydrogen (secondary N) is 1. The van der Waals surface area contributed by atoms with E-state index in [1.165, 1.54) is 58.2 Å². The first-order valence-electron chi connectivity index (χ1n) is 9.38. The van der Waals surface area contributed by atoms with Crippen LogP contribution >= 0.6 is 0 Å². The fourth-order valence-corrected chi connectivity index (χ4v) is 3.87. The van der Waals surface area contributed by atoms with Crippen LogP contribution in [0.1, 0.15) is 73.1 Å². The molecule has 0 heterocycles. The quantitative estimate of drug-likeness (QED) is 0.718. The van der Waals surface area contributed by atoms with Crippen LogP contribution in [0.25, 0.3) is 0 Å². The van der Waals surface area contributed by atoms with Gasteiger partial charge in [0.05, 0.1) is 0 Å². The molecule has 2 fully saturated rings. The first-order valence-corrected chi connectivity index (χ1v) is 9.38. The molecule has 0 aliphatic heterocycles. The van der Waals surface area contributed by atoms with E-state index in [1.807, 2.05) is 0 Å². The van der Waals surface area contributed by atoms with Crippen molar-refractivity contribution < 1.29 is 0 Å². The zero-order chi connectivity index (χ0) is 15.5. The van der Waals surface area contributed by atoms with Crippen molar-refractivity contribution in [3.8, 4) is 0 Å². The molecule has 2 aliphatic carbocycles. The number of rotatable bonds is 8. The summed E-state index contributed by atoms with van der Waals surface area (Å²) in [4.78, 5) is 2.84. The monoisotopic (exact) mass is 294 g/mol. The molecular weight excluding hydrogens is 256 g/mol. The maximum Gasteiger partial charge on any atom is 0.00967 e. The maximum absolute atomic E-state index is 3.76. The summed E-state index contributed by atoms with van der Waals surface area (Å²) in [6.07, 6.45) is 8.60. The highest BCUT2D eigenvalue weighted by atomic mass is 15.2. The molecule has 2 rings (SSSR count). The van der Waals surface area contributed by atoms with Crippen LogP contribution in [-0.4, -0.2) is 36.6 Å². The van der Waals surface area contributed by atoms with Crippen LogP contribution in [0, 0.1) is 17.3 Å². The zero-order valence-electron chi connectivity index (χ0n) is 15.1. The predicted molar refractivity (Wildman–Crippen MR) is 92.6 cm³/mol. The molecule has 0 amide bonds. The average Bonchev–Trinajstić information content (AvgIpc) is 3.23. The van der Waals surface area contributed by atoms with Crippen molar-refractivity contribution in [3.63, 3.8) is 0 Å². The second kappa shape index (κ2) is 7.46. The minimum atomic E-state index is 0.536. The molecule has 0 bridgehead atoms. The topological polar surface area (TPSA) is 15.3 Å². The summed E-state index contributed by atoms with van der Waals surface area (Å²) in [6.45, 7) is 15.6. The van der Waals surface area contributed by atoms with Crippen molar-refractivity contribution in [2.75, 3.05) is 19.6 Å². The maximum atomic E-state index is 3.76. The number of nitrogens with zero attached hydrogens (tertiary/aromatic N) is 1. The van der Waals surface area contributed by atoms with Gasteiger partial charge in [0.2, 0.25) is 0 Å². The van der Waals surface area contributed by atoms with Crippen molar-refractivity contribution in [1.82, 2.24) is 10.2 Å². The smallest absolute Gasteiger partial charge is 0.00967 e. The van der Waals surface area contributed by atoms with Gasteiger partial charge in [-0.2, -0.15) is 0 Å². The van der Waals surface area contributed by atoms with Crippen molar-refractivity contribution in [1.29, 1.82) is 0 Å². The van der Waals surface area contributed by atoms with Gasteiger partial charge in [0.15, 0.2) is 0 Å². The molecule has 0 saturated heterocycles. The summed E-state index contributed by atoms with van der Waals surface area (Å²) in [6, 6.07) is 1.52. The Kier molecular flexibility index (Phi) is 6.14. The highest BCUT2D eigenvalue weighted by Gasteiger charge is 2.39. The van der Waals surface area contributed by atoms with Gasteiger partial charge in [0.1, 0.15) is 0 Å². The third-order valence-corrected chi connectivity index (χ3v) is 5.42. The van der Waals surface area contributed by atoms with Crippen molar-refractivity contribution in [2.24, 2.45) is 17.3 Å². The fourth-order valence-electron chi connectivity index (χ4n) is 3.87. The van der Waals surface area contributed by atoms with Crippen LogP contribution < -0.4 is 5.32 Å². The van der Waals surface area contributed by atoms with Gasteiger partial charge < -0.3 is 5.32 Å². The molecule has 2 nitrogen and oxygen atoms in total. The predicted octanol–water partition coefficient (Wildman–Crippen LogP) is 4.30. The Bertz CT molecular complexity index is 299. The van der Waals surface area contributed by atoms with E-state index in [0.29, 0.717) is 11.5 Å². The van der Waals surface area contributed by atoms with Gasteiger partial charge in [0, 0.05) is 31.7 Å². The summed E-state index contributed by atoms with van der Waals surface area (Å²) in [7, 11) is 0. The molecule has 124 valence electrons. The molecule has 21 heavy (non-hydrogen) atoms. The van der Waals surface area contributed by atoms with E-state index in [0.717, 1.165) is 17.9 Å². The summed E-state index contributed by atoms with van der Waals surface area (Å²) in [5, 5.41) is 3.76. The van der Waals surface area contributed by atoms with Gasteiger partial charge in [-0.3, -0.25) is 4.90 Å². The van der Waals surface area contributed by atoms with Gasteiger partial charge in [-0.25, -0.2) is 0 Å². The SMILES string of the molecule is CC(C)CN(CC1(CNC(C)C)CCC(C)CC1)C1CC1. The molecular formula is C19H38N2. The molecule has 1 N–H and O–H groups in total. The highest BCUT2D eigenvalue weighted by molar-refractivity contribution is 4.94. The van der Waals surface area contributed by atoms with E-state index in [1.54, 1.807) is 0 Å². The molecule has 0 aromatic rings. The third-order valence-electron chi connectivity index (χ3n) is 5.42. The molecule has 2 saturated carbocycles. The van der Waals surface area contributed by atoms with Crippen molar-refractivity contribution in [3.05, 3.63) is 0 Å². The summed E-state index contributed by atoms with van der Waals surface area (Å²) < 4.78 is 0. The average molecular weight is 295 g/mol. The van der Waals surface area contributed by atoms with Crippen LogP contribution in [-0.2, 0) is 0 Å². The number of hydrogen-bond acceptors (Lipinski definition) is 2. The molecule has 0 spiro atoms. The second-order valence-corrected chi connectivity index (χ2v) is 8.77. The van der Waals surface area contributed by atoms with E-state index in [4.69, 9.17) is 0 Å². The largest absolute Gasteiger partial charge is 0.314 e. The molecule has 0 aromatic heterocycles. The molecule has 2 heteroatoms. The summed E-state index contributed by atoms with van der Waals surface area (Å²) in [5.74, 6) is 1.74. The summed E-state index contributed by atoms with van der Waals surface area (Å²) in [5.41, 5.74) is 0.536. The van der Waals surface area contributed by atoms with Gasteiger partial charge in [-0.05, 0) is 42.9 Å². The Morgan fingerprint density at radius 2 is 1.67 bits per heavy atom. The van der Waals surface area contributed by atoms with Crippen LogP contribution in [0.5, 0.6) is 0 Å². The normalized spacial score (nSPS) is 30.6. The van der Waals surface area contributed by atoms with E-state index < -0.39 is 0 Å². The van der Waals surface area contributed by atoms with E-state index in [-0.39, 0.29) is 0 Å². The standard InChI is InChI=1S/C19H38N2/c1-15(2)12-21(18-6-7-18)14-19(13-20-16(3)4)10-8-17(5)9-11-19/h15-18,20H,6-14H2,1-5H3. The lowest BCUT2D eigenvalue weighted by atomic mass is 9.70. The highest BCUT2D eigenvalue weighted by Crippen LogP contribution is 2.41. The minimum Gasteiger partial charge on any atom is -0.314 e. The van der Waals surface area contributed by atoms with Gasteiger partial charge >= 0.3 is 0 Å². The van der Waals surface area contributed by atoms with Crippen LogP contribution in [0.3, 0.4) is 0 Å². The lowest BCUT2D eigenvalue weighted by Gasteiger charge is -2.44. The van der Waals surface area contributed by atoms with Crippen LogP contribution in [0.15, 0.2) is 0 Å². The first kappa shape index (κ1) is 17.3. The minimum absolute atomic E-state index is 0.536.